The van der Waals surface area contributed by atoms with E-state index in [-0.39, 0.29) is 0 Å². The molecular weight excluding hydrogens is 214 g/mol. The molecule has 4 atom stereocenters. The van der Waals surface area contributed by atoms with Gasteiger partial charge in [-0.1, -0.05) is 12.2 Å². The van der Waals surface area contributed by atoms with Crippen LogP contribution in [0, 0.1) is 17.8 Å². The van der Waals surface area contributed by atoms with Crippen LogP contribution in [0.3, 0.4) is 0 Å². The Morgan fingerprint density at radius 1 is 1.38 bits per heavy atom. The zero-order valence-electron chi connectivity index (χ0n) is 10.4. The lowest BCUT2D eigenvalue weighted by atomic mass is 9.87. The molecule has 2 heteroatoms. The van der Waals surface area contributed by atoms with Crippen molar-refractivity contribution >= 4 is 11.8 Å². The van der Waals surface area contributed by atoms with Gasteiger partial charge >= 0.3 is 0 Å². The van der Waals surface area contributed by atoms with Crippen molar-refractivity contribution in [3.05, 3.63) is 12.2 Å². The number of hydrogen-bond donors (Lipinski definition) is 1. The van der Waals surface area contributed by atoms with Crippen molar-refractivity contribution in [2.75, 3.05) is 12.8 Å². The lowest BCUT2D eigenvalue weighted by Gasteiger charge is -2.28. The van der Waals surface area contributed by atoms with E-state index in [9.17, 15) is 0 Å². The van der Waals surface area contributed by atoms with Gasteiger partial charge in [-0.25, -0.2) is 0 Å². The maximum absolute atomic E-state index is 3.81. The van der Waals surface area contributed by atoms with E-state index in [0.717, 1.165) is 17.8 Å². The molecule has 2 fully saturated rings. The van der Waals surface area contributed by atoms with Crippen LogP contribution in [0.15, 0.2) is 12.2 Å². The van der Waals surface area contributed by atoms with Crippen LogP contribution in [0.1, 0.15) is 32.6 Å². The fourth-order valence-electron chi connectivity index (χ4n) is 3.49. The van der Waals surface area contributed by atoms with Crippen LogP contribution in [0.4, 0.5) is 0 Å². The first-order valence-electron chi connectivity index (χ1n) is 6.69. The average molecular weight is 237 g/mol. The van der Waals surface area contributed by atoms with Crippen LogP contribution in [-0.4, -0.2) is 23.6 Å². The summed E-state index contributed by atoms with van der Waals surface area (Å²) in [5.41, 5.74) is 0. The lowest BCUT2D eigenvalue weighted by molar-refractivity contribution is 0.327. The van der Waals surface area contributed by atoms with E-state index in [1.165, 1.54) is 32.2 Å². The van der Waals surface area contributed by atoms with Gasteiger partial charge < -0.3 is 5.32 Å². The van der Waals surface area contributed by atoms with E-state index in [0.29, 0.717) is 10.8 Å². The predicted molar refractivity (Wildman–Crippen MR) is 71.8 cm³/mol. The summed E-state index contributed by atoms with van der Waals surface area (Å²) in [6.07, 6.45) is 12.9. The summed E-state index contributed by atoms with van der Waals surface area (Å²) in [5.74, 6) is 2.71. The van der Waals surface area contributed by atoms with Crippen molar-refractivity contribution in [2.24, 2.45) is 17.8 Å². The molecule has 2 bridgehead atoms. The molecule has 0 aromatic heterocycles. The van der Waals surface area contributed by atoms with Crippen molar-refractivity contribution in [1.82, 2.24) is 5.32 Å². The van der Waals surface area contributed by atoms with Crippen molar-refractivity contribution in [1.29, 1.82) is 0 Å². The summed E-state index contributed by atoms with van der Waals surface area (Å²) in [6.45, 7) is 3.63. The Labute approximate surface area is 103 Å². The van der Waals surface area contributed by atoms with Crippen LogP contribution >= 0.6 is 11.8 Å². The highest BCUT2D eigenvalue weighted by atomic mass is 32.2. The molecule has 0 saturated heterocycles. The molecule has 1 nitrogen and oxygen atoms in total. The van der Waals surface area contributed by atoms with Gasteiger partial charge in [0.05, 0.1) is 0 Å². The quantitative estimate of drug-likeness (QED) is 0.738. The maximum Gasteiger partial charge on any atom is 0.0282 e. The van der Waals surface area contributed by atoms with Crippen molar-refractivity contribution in [3.63, 3.8) is 0 Å². The Morgan fingerprint density at radius 3 is 2.69 bits per heavy atom. The summed E-state index contributed by atoms with van der Waals surface area (Å²) >= 11 is 2.06. The first kappa shape index (κ1) is 11.2. The Kier molecular flexibility index (Phi) is 2.83. The fraction of sp³-hybridized carbons (Fsp3) is 0.857. The standard InChI is InChI=1S/C14H23NS/c1-10(15-9-14(16-2)5-6-14)13-8-11-3-4-12(13)7-11/h3-4,10-13,15H,5-9H2,1-2H3. The van der Waals surface area contributed by atoms with E-state index in [2.05, 4.69) is 42.4 Å². The summed E-state index contributed by atoms with van der Waals surface area (Å²) in [5, 5.41) is 3.81. The molecule has 0 aromatic rings. The molecule has 0 amide bonds. The maximum atomic E-state index is 3.81. The second-order valence-electron chi connectivity index (χ2n) is 6.00. The average Bonchev–Trinajstić information content (AvgIpc) is 2.78. The third-order valence-electron chi connectivity index (χ3n) is 4.96. The third-order valence-corrected chi connectivity index (χ3v) is 6.38. The summed E-state index contributed by atoms with van der Waals surface area (Å²) in [7, 11) is 0. The molecule has 3 rings (SSSR count). The first-order valence-corrected chi connectivity index (χ1v) is 7.92. The SMILES string of the molecule is CSC1(CNC(C)C2CC3C=CC2C3)CC1. The molecule has 4 unspecified atom stereocenters. The summed E-state index contributed by atoms with van der Waals surface area (Å²) in [6, 6.07) is 0.713. The summed E-state index contributed by atoms with van der Waals surface area (Å²) in [4.78, 5) is 0. The van der Waals surface area contributed by atoms with Crippen LogP contribution in [0.5, 0.6) is 0 Å². The number of fused-ring (bicyclic) bond motifs is 2. The number of rotatable bonds is 5. The largest absolute Gasteiger partial charge is 0.313 e. The van der Waals surface area contributed by atoms with Crippen LogP contribution in [-0.2, 0) is 0 Å². The van der Waals surface area contributed by atoms with Gasteiger partial charge in [-0.05, 0) is 56.6 Å². The molecule has 0 aliphatic heterocycles. The normalized spacial score (nSPS) is 40.2. The van der Waals surface area contributed by atoms with E-state index in [4.69, 9.17) is 0 Å². The van der Waals surface area contributed by atoms with Crippen molar-refractivity contribution in [2.45, 2.75) is 43.4 Å². The number of nitrogens with one attached hydrogen (secondary N) is 1. The Balaban J connectivity index is 1.50. The van der Waals surface area contributed by atoms with Gasteiger partial charge in [-0.3, -0.25) is 0 Å². The monoisotopic (exact) mass is 237 g/mol. The minimum absolute atomic E-state index is 0.613. The van der Waals surface area contributed by atoms with Crippen molar-refractivity contribution < 1.29 is 0 Å². The second kappa shape index (κ2) is 4.06. The smallest absolute Gasteiger partial charge is 0.0282 e. The van der Waals surface area contributed by atoms with Gasteiger partial charge in [-0.15, -0.1) is 0 Å². The van der Waals surface area contributed by atoms with Gasteiger partial charge in [0.2, 0.25) is 0 Å². The first-order chi connectivity index (χ1) is 7.72. The zero-order chi connectivity index (χ0) is 11.2. The summed E-state index contributed by atoms with van der Waals surface area (Å²) < 4.78 is 0.613. The minimum Gasteiger partial charge on any atom is -0.313 e. The van der Waals surface area contributed by atoms with E-state index < -0.39 is 0 Å². The van der Waals surface area contributed by atoms with Crippen LogP contribution < -0.4 is 5.32 Å². The Hall–Kier alpha value is 0.0500. The molecule has 0 aromatic carbocycles. The third kappa shape index (κ3) is 1.95. The van der Waals surface area contributed by atoms with Gasteiger partial charge in [0.1, 0.15) is 0 Å². The highest BCUT2D eigenvalue weighted by Gasteiger charge is 2.43. The van der Waals surface area contributed by atoms with Crippen LogP contribution in [0.25, 0.3) is 0 Å². The van der Waals surface area contributed by atoms with Crippen molar-refractivity contribution in [3.8, 4) is 0 Å². The van der Waals surface area contributed by atoms with E-state index in [1.54, 1.807) is 0 Å². The molecule has 90 valence electrons. The number of hydrogen-bond acceptors (Lipinski definition) is 2. The Bertz CT molecular complexity index is 295. The minimum atomic E-state index is 0.613. The zero-order valence-corrected chi connectivity index (χ0v) is 11.2. The lowest BCUT2D eigenvalue weighted by Crippen LogP contribution is -2.39. The van der Waals surface area contributed by atoms with E-state index in [1.807, 2.05) is 0 Å². The van der Waals surface area contributed by atoms with E-state index >= 15 is 0 Å². The highest BCUT2D eigenvalue weighted by molar-refractivity contribution is 8.00. The molecule has 3 aliphatic rings. The predicted octanol–water partition coefficient (Wildman–Crippen LogP) is 3.07. The van der Waals surface area contributed by atoms with Crippen LogP contribution in [0.2, 0.25) is 0 Å². The topological polar surface area (TPSA) is 12.0 Å². The molecular formula is C14H23NS. The molecule has 0 heterocycles. The molecule has 3 aliphatic carbocycles. The highest BCUT2D eigenvalue weighted by Crippen LogP contribution is 2.48. The number of allylic oxidation sites excluding steroid dienone is 2. The molecule has 0 spiro atoms. The molecule has 2 saturated carbocycles. The fourth-order valence-corrected chi connectivity index (χ4v) is 4.23. The Morgan fingerprint density at radius 2 is 2.19 bits per heavy atom. The van der Waals surface area contributed by atoms with Gasteiger partial charge in [0.15, 0.2) is 0 Å². The molecule has 16 heavy (non-hydrogen) atoms. The molecule has 0 radical (unpaired) electrons. The second-order valence-corrected chi connectivity index (χ2v) is 7.28. The van der Waals surface area contributed by atoms with Gasteiger partial charge in [0, 0.05) is 17.3 Å². The number of thioether (sulfide) groups is 1. The van der Waals surface area contributed by atoms with Gasteiger partial charge in [0.25, 0.3) is 0 Å². The van der Waals surface area contributed by atoms with Gasteiger partial charge in [-0.2, -0.15) is 11.8 Å². The molecule has 1 N–H and O–H groups in total.